The largest absolute Gasteiger partial charge is 0.480 e. The lowest BCUT2D eigenvalue weighted by atomic mass is 9.98. The monoisotopic (exact) mass is 437 g/mol. The lowest BCUT2D eigenvalue weighted by Crippen LogP contribution is -2.45. The van der Waals surface area contributed by atoms with Crippen LogP contribution in [0, 0.1) is 0 Å². The maximum absolute atomic E-state index is 12.4. The van der Waals surface area contributed by atoms with E-state index < -0.39 is 24.2 Å². The average Bonchev–Trinajstić information content (AvgIpc) is 3.10. The number of benzene rings is 3. The minimum atomic E-state index is -1.57. The van der Waals surface area contributed by atoms with Crippen LogP contribution in [0.2, 0.25) is 5.02 Å². The number of carboxylic acid groups (broad SMARTS) is 1. The maximum atomic E-state index is 12.4. The van der Waals surface area contributed by atoms with Crippen molar-refractivity contribution in [2.24, 2.45) is 0 Å². The highest BCUT2D eigenvalue weighted by Crippen LogP contribution is 2.44. The van der Waals surface area contributed by atoms with Crippen molar-refractivity contribution >= 4 is 23.7 Å². The molecule has 0 aliphatic heterocycles. The second-order valence-electron chi connectivity index (χ2n) is 7.28. The van der Waals surface area contributed by atoms with E-state index in [1.165, 1.54) is 24.3 Å². The topological polar surface area (TPSA) is 95.9 Å². The van der Waals surface area contributed by atoms with E-state index in [4.69, 9.17) is 16.3 Å². The van der Waals surface area contributed by atoms with E-state index in [2.05, 4.69) is 5.32 Å². The Balaban J connectivity index is 1.46. The number of hydrogen-bond donors (Lipinski definition) is 3. The number of ether oxygens (including phenoxy) is 1. The van der Waals surface area contributed by atoms with Crippen molar-refractivity contribution in [1.29, 1.82) is 0 Å². The molecule has 1 amide bonds. The number of carboxylic acids is 1. The predicted octanol–water partition coefficient (Wildman–Crippen LogP) is 4.37. The van der Waals surface area contributed by atoms with Crippen molar-refractivity contribution in [3.05, 3.63) is 94.5 Å². The van der Waals surface area contributed by atoms with E-state index in [9.17, 15) is 19.8 Å². The van der Waals surface area contributed by atoms with Gasteiger partial charge in [0, 0.05) is 10.9 Å². The number of amides is 1. The van der Waals surface area contributed by atoms with Crippen LogP contribution in [0.5, 0.6) is 0 Å². The maximum Gasteiger partial charge on any atom is 0.407 e. The molecule has 1 aliphatic carbocycles. The molecule has 0 radical (unpaired) electrons. The Labute approximate surface area is 184 Å². The van der Waals surface area contributed by atoms with Crippen molar-refractivity contribution in [1.82, 2.24) is 5.32 Å². The highest BCUT2D eigenvalue weighted by molar-refractivity contribution is 6.30. The molecular weight excluding hydrogens is 418 g/mol. The van der Waals surface area contributed by atoms with Crippen LogP contribution < -0.4 is 5.32 Å². The third kappa shape index (κ3) is 4.26. The van der Waals surface area contributed by atoms with Gasteiger partial charge in [0.05, 0.1) is 0 Å². The number of carbonyl (C=O) groups excluding carboxylic acids is 1. The van der Waals surface area contributed by atoms with Gasteiger partial charge in [-0.3, -0.25) is 0 Å². The Morgan fingerprint density at radius 3 is 2.03 bits per heavy atom. The standard InChI is InChI=1S/C24H20ClNO5/c25-15-11-9-14(10-12-15)22(27)21(23(28)29)26-24(30)31-13-20-18-7-3-1-5-16(18)17-6-2-4-8-19(17)20/h1-12,20-22,27H,13H2,(H,26,30)(H,28,29). The average molecular weight is 438 g/mol. The molecule has 3 aromatic carbocycles. The first-order valence-corrected chi connectivity index (χ1v) is 10.1. The second-order valence-corrected chi connectivity index (χ2v) is 7.72. The normalized spacial score (nSPS) is 14.3. The molecule has 3 aromatic rings. The van der Waals surface area contributed by atoms with Crippen LogP contribution in [-0.4, -0.2) is 34.9 Å². The number of alkyl carbamates (subject to hydrolysis) is 1. The van der Waals surface area contributed by atoms with Gasteiger partial charge in [0.1, 0.15) is 12.7 Å². The van der Waals surface area contributed by atoms with E-state index in [1.54, 1.807) is 0 Å². The zero-order valence-electron chi connectivity index (χ0n) is 16.4. The number of nitrogens with one attached hydrogen (secondary N) is 1. The van der Waals surface area contributed by atoms with Crippen LogP contribution in [0.25, 0.3) is 11.1 Å². The fourth-order valence-corrected chi connectivity index (χ4v) is 4.02. The molecule has 3 N–H and O–H groups in total. The first-order valence-electron chi connectivity index (χ1n) is 9.73. The predicted molar refractivity (Wildman–Crippen MR) is 116 cm³/mol. The van der Waals surface area contributed by atoms with Crippen LogP contribution in [0.15, 0.2) is 72.8 Å². The lowest BCUT2D eigenvalue weighted by molar-refractivity contribution is -0.142. The summed E-state index contributed by atoms with van der Waals surface area (Å²) >= 11 is 5.83. The van der Waals surface area contributed by atoms with Crippen LogP contribution in [0.1, 0.15) is 28.7 Å². The summed E-state index contributed by atoms with van der Waals surface area (Å²) in [5, 5.41) is 22.6. The summed E-state index contributed by atoms with van der Waals surface area (Å²) in [5.74, 6) is -1.53. The summed E-state index contributed by atoms with van der Waals surface area (Å²) < 4.78 is 5.38. The molecule has 1 aliphatic rings. The SMILES string of the molecule is O=C(NC(C(=O)O)C(O)c1ccc(Cl)cc1)OCC1c2ccccc2-c2ccccc21. The quantitative estimate of drug-likeness (QED) is 0.532. The molecule has 6 nitrogen and oxygen atoms in total. The molecule has 31 heavy (non-hydrogen) atoms. The summed E-state index contributed by atoms with van der Waals surface area (Å²) in [6.07, 6.45) is -2.38. The van der Waals surface area contributed by atoms with E-state index >= 15 is 0 Å². The van der Waals surface area contributed by atoms with E-state index in [-0.39, 0.29) is 12.5 Å². The lowest BCUT2D eigenvalue weighted by Gasteiger charge is -2.21. The molecule has 0 spiro atoms. The summed E-state index contributed by atoms with van der Waals surface area (Å²) in [5.41, 5.74) is 4.60. The zero-order chi connectivity index (χ0) is 22.0. The third-order valence-corrected chi connectivity index (χ3v) is 5.66. The summed E-state index contributed by atoms with van der Waals surface area (Å²) in [4.78, 5) is 24.0. The zero-order valence-corrected chi connectivity index (χ0v) is 17.1. The highest BCUT2D eigenvalue weighted by Gasteiger charge is 2.32. The van der Waals surface area contributed by atoms with Crippen LogP contribution >= 0.6 is 11.6 Å². The Kier molecular flexibility index (Phi) is 5.93. The van der Waals surface area contributed by atoms with Gasteiger partial charge >= 0.3 is 12.1 Å². The van der Waals surface area contributed by atoms with Gasteiger partial charge in [-0.1, -0.05) is 72.3 Å². The number of fused-ring (bicyclic) bond motifs is 3. The van der Waals surface area contributed by atoms with Crippen molar-refractivity contribution in [2.45, 2.75) is 18.1 Å². The molecule has 4 rings (SSSR count). The van der Waals surface area contributed by atoms with E-state index in [1.807, 2.05) is 48.5 Å². The molecule has 0 heterocycles. The fourth-order valence-electron chi connectivity index (χ4n) is 3.90. The van der Waals surface area contributed by atoms with Gasteiger partial charge in [0.25, 0.3) is 0 Å². The summed E-state index contributed by atoms with van der Waals surface area (Å²) in [7, 11) is 0. The summed E-state index contributed by atoms with van der Waals surface area (Å²) in [6, 6.07) is 20.3. The molecule has 158 valence electrons. The minimum absolute atomic E-state index is 0.0449. The van der Waals surface area contributed by atoms with Crippen molar-refractivity contribution in [3.8, 4) is 11.1 Å². The number of halogens is 1. The number of carbonyl (C=O) groups is 2. The van der Waals surface area contributed by atoms with E-state index in [0.29, 0.717) is 10.6 Å². The van der Waals surface area contributed by atoms with E-state index in [0.717, 1.165) is 22.3 Å². The van der Waals surface area contributed by atoms with Crippen LogP contribution in [0.3, 0.4) is 0 Å². The molecule has 7 heteroatoms. The van der Waals surface area contributed by atoms with Gasteiger partial charge in [-0.2, -0.15) is 0 Å². The van der Waals surface area contributed by atoms with Gasteiger partial charge in [0.15, 0.2) is 6.04 Å². The molecule has 2 unspecified atom stereocenters. The number of hydrogen-bond acceptors (Lipinski definition) is 4. The molecule has 0 bridgehead atoms. The number of rotatable bonds is 6. The molecule has 0 saturated heterocycles. The van der Waals surface area contributed by atoms with Gasteiger partial charge in [0.2, 0.25) is 0 Å². The molecule has 0 aromatic heterocycles. The molecule has 0 saturated carbocycles. The Morgan fingerprint density at radius 2 is 1.48 bits per heavy atom. The van der Waals surface area contributed by atoms with Crippen molar-refractivity contribution in [2.75, 3.05) is 6.61 Å². The number of aliphatic hydroxyl groups is 1. The molecule has 0 fully saturated rings. The van der Waals surface area contributed by atoms with Gasteiger partial charge < -0.3 is 20.3 Å². The first kappa shape index (κ1) is 20.9. The molecule has 2 atom stereocenters. The first-order chi connectivity index (χ1) is 15.0. The number of aliphatic hydroxyl groups excluding tert-OH is 1. The van der Waals surface area contributed by atoms with Crippen LogP contribution in [0.4, 0.5) is 4.79 Å². The Morgan fingerprint density at radius 1 is 0.935 bits per heavy atom. The van der Waals surface area contributed by atoms with Gasteiger partial charge in [-0.25, -0.2) is 9.59 Å². The Hall–Kier alpha value is -3.35. The van der Waals surface area contributed by atoms with Crippen LogP contribution in [-0.2, 0) is 9.53 Å². The minimum Gasteiger partial charge on any atom is -0.480 e. The van der Waals surface area contributed by atoms with Gasteiger partial charge in [-0.05, 0) is 39.9 Å². The highest BCUT2D eigenvalue weighted by atomic mass is 35.5. The van der Waals surface area contributed by atoms with Crippen molar-refractivity contribution < 1.29 is 24.5 Å². The number of aliphatic carboxylic acids is 1. The Bertz CT molecular complexity index is 1070. The fraction of sp³-hybridized carbons (Fsp3) is 0.167. The molecular formula is C24H20ClNO5. The third-order valence-electron chi connectivity index (χ3n) is 5.41. The van der Waals surface area contributed by atoms with Crippen molar-refractivity contribution in [3.63, 3.8) is 0 Å². The second kappa shape index (κ2) is 8.79. The smallest absolute Gasteiger partial charge is 0.407 e. The summed E-state index contributed by atoms with van der Waals surface area (Å²) in [6.45, 7) is 0.0449. The van der Waals surface area contributed by atoms with Gasteiger partial charge in [-0.15, -0.1) is 0 Å².